The molecule has 3 heteroatoms. The quantitative estimate of drug-likeness (QED) is 0.798. The molecule has 2 nitrogen and oxygen atoms in total. The maximum absolute atomic E-state index is 13.4. The van der Waals surface area contributed by atoms with Crippen LogP contribution in [0.4, 0.5) is 10.1 Å². The Kier molecular flexibility index (Phi) is 4.59. The van der Waals surface area contributed by atoms with E-state index in [2.05, 4.69) is 24.1 Å². The molecule has 0 aliphatic heterocycles. The average Bonchev–Trinajstić information content (AvgIpc) is 3.18. The second kappa shape index (κ2) is 6.19. The summed E-state index contributed by atoms with van der Waals surface area (Å²) < 4.78 is 13.4. The summed E-state index contributed by atoms with van der Waals surface area (Å²) in [5.74, 6) is -0.140. The molecule has 1 saturated carbocycles. The summed E-state index contributed by atoms with van der Waals surface area (Å²) in [6.45, 7) is 6.99. The highest BCUT2D eigenvalue weighted by atomic mass is 19.1. The van der Waals surface area contributed by atoms with E-state index >= 15 is 0 Å². The SMILES string of the molecule is CCCN(c1ccc(F)cc1CNCC)C1CC1. The van der Waals surface area contributed by atoms with Gasteiger partial charge in [0.25, 0.3) is 0 Å². The average molecular weight is 250 g/mol. The van der Waals surface area contributed by atoms with Crippen LogP contribution in [-0.4, -0.2) is 19.1 Å². The smallest absolute Gasteiger partial charge is 0.123 e. The number of rotatable bonds is 7. The zero-order valence-corrected chi connectivity index (χ0v) is 11.4. The molecule has 0 amide bonds. The number of anilines is 1. The molecule has 1 fully saturated rings. The minimum atomic E-state index is -0.140. The van der Waals surface area contributed by atoms with E-state index in [0.29, 0.717) is 6.04 Å². The van der Waals surface area contributed by atoms with E-state index in [-0.39, 0.29) is 5.82 Å². The van der Waals surface area contributed by atoms with Crippen LogP contribution >= 0.6 is 0 Å². The molecule has 1 aliphatic carbocycles. The van der Waals surface area contributed by atoms with Crippen molar-refractivity contribution in [3.05, 3.63) is 29.6 Å². The van der Waals surface area contributed by atoms with Gasteiger partial charge in [0, 0.05) is 24.8 Å². The summed E-state index contributed by atoms with van der Waals surface area (Å²) in [5, 5.41) is 3.30. The first kappa shape index (κ1) is 13.3. The molecule has 18 heavy (non-hydrogen) atoms. The Labute approximate surface area is 109 Å². The molecule has 2 rings (SSSR count). The van der Waals surface area contributed by atoms with Crippen LogP contribution < -0.4 is 10.2 Å². The predicted molar refractivity (Wildman–Crippen MR) is 74.4 cm³/mol. The molecule has 0 spiro atoms. The molecule has 0 radical (unpaired) electrons. The molecule has 1 aromatic carbocycles. The first-order valence-electron chi connectivity index (χ1n) is 7.02. The van der Waals surface area contributed by atoms with Gasteiger partial charge in [0.1, 0.15) is 5.82 Å². The van der Waals surface area contributed by atoms with Gasteiger partial charge in [0.15, 0.2) is 0 Å². The third kappa shape index (κ3) is 3.22. The third-order valence-electron chi connectivity index (χ3n) is 3.37. The Morgan fingerprint density at radius 2 is 2.11 bits per heavy atom. The van der Waals surface area contributed by atoms with Gasteiger partial charge in [-0.2, -0.15) is 0 Å². The van der Waals surface area contributed by atoms with Crippen LogP contribution in [0.2, 0.25) is 0 Å². The van der Waals surface area contributed by atoms with Crippen LogP contribution in [0.1, 0.15) is 38.7 Å². The van der Waals surface area contributed by atoms with Crippen molar-refractivity contribution < 1.29 is 4.39 Å². The van der Waals surface area contributed by atoms with Gasteiger partial charge >= 0.3 is 0 Å². The maximum Gasteiger partial charge on any atom is 0.123 e. The van der Waals surface area contributed by atoms with E-state index in [1.807, 2.05) is 6.07 Å². The van der Waals surface area contributed by atoms with Crippen molar-refractivity contribution in [1.29, 1.82) is 0 Å². The highest BCUT2D eigenvalue weighted by Gasteiger charge is 2.29. The lowest BCUT2D eigenvalue weighted by atomic mass is 10.1. The lowest BCUT2D eigenvalue weighted by Crippen LogP contribution is -2.28. The first-order valence-corrected chi connectivity index (χ1v) is 7.02. The monoisotopic (exact) mass is 250 g/mol. The fraction of sp³-hybridized carbons (Fsp3) is 0.600. The van der Waals surface area contributed by atoms with Gasteiger partial charge in [0.05, 0.1) is 0 Å². The van der Waals surface area contributed by atoms with E-state index in [4.69, 9.17) is 0 Å². The van der Waals surface area contributed by atoms with Gasteiger partial charge in [-0.25, -0.2) is 4.39 Å². The number of hydrogen-bond acceptors (Lipinski definition) is 2. The molecule has 0 unspecified atom stereocenters. The van der Waals surface area contributed by atoms with Crippen LogP contribution in [0.15, 0.2) is 18.2 Å². The van der Waals surface area contributed by atoms with E-state index < -0.39 is 0 Å². The molecule has 1 aromatic rings. The van der Waals surface area contributed by atoms with Crippen molar-refractivity contribution in [2.75, 3.05) is 18.0 Å². The van der Waals surface area contributed by atoms with Gasteiger partial charge in [-0.3, -0.25) is 0 Å². The predicted octanol–water partition coefficient (Wildman–Crippen LogP) is 3.31. The van der Waals surface area contributed by atoms with E-state index in [9.17, 15) is 4.39 Å². The summed E-state index contributed by atoms with van der Waals surface area (Å²) in [5.41, 5.74) is 2.29. The zero-order chi connectivity index (χ0) is 13.0. The lowest BCUT2D eigenvalue weighted by molar-refractivity contribution is 0.620. The van der Waals surface area contributed by atoms with Crippen molar-refractivity contribution in [2.45, 2.75) is 45.7 Å². The first-order chi connectivity index (χ1) is 8.76. The Bertz CT molecular complexity index is 388. The van der Waals surface area contributed by atoms with Crippen LogP contribution in [0.25, 0.3) is 0 Å². The molecule has 0 atom stereocenters. The molecule has 1 N–H and O–H groups in total. The topological polar surface area (TPSA) is 15.3 Å². The van der Waals surface area contributed by atoms with Crippen LogP contribution in [0.3, 0.4) is 0 Å². The zero-order valence-electron chi connectivity index (χ0n) is 11.4. The summed E-state index contributed by atoms with van der Waals surface area (Å²) in [6.07, 6.45) is 3.69. The molecule has 0 heterocycles. The maximum atomic E-state index is 13.4. The summed E-state index contributed by atoms with van der Waals surface area (Å²) in [6, 6.07) is 5.87. The van der Waals surface area contributed by atoms with Crippen LogP contribution in [-0.2, 0) is 6.54 Å². The van der Waals surface area contributed by atoms with E-state index in [1.54, 1.807) is 12.1 Å². The van der Waals surface area contributed by atoms with Crippen LogP contribution in [0, 0.1) is 5.82 Å². The fourth-order valence-corrected chi connectivity index (χ4v) is 2.36. The Hall–Kier alpha value is -1.09. The number of nitrogens with one attached hydrogen (secondary N) is 1. The summed E-state index contributed by atoms with van der Waals surface area (Å²) in [4.78, 5) is 2.45. The molecular weight excluding hydrogens is 227 g/mol. The molecule has 0 aromatic heterocycles. The van der Waals surface area contributed by atoms with Crippen molar-refractivity contribution >= 4 is 5.69 Å². The van der Waals surface area contributed by atoms with Crippen molar-refractivity contribution in [2.24, 2.45) is 0 Å². The molecule has 1 aliphatic rings. The number of nitrogens with zero attached hydrogens (tertiary/aromatic N) is 1. The normalized spacial score (nSPS) is 14.8. The fourth-order valence-electron chi connectivity index (χ4n) is 2.36. The standard InChI is InChI=1S/C15H23FN2/c1-3-9-18(14-6-7-14)15-8-5-13(16)10-12(15)11-17-4-2/h5,8,10,14,17H,3-4,6-7,9,11H2,1-2H3. The van der Waals surface area contributed by atoms with Gasteiger partial charge in [-0.05, 0) is 49.6 Å². The lowest BCUT2D eigenvalue weighted by Gasteiger charge is -2.27. The molecular formula is C15H23FN2. The minimum absolute atomic E-state index is 0.140. The number of halogens is 1. The largest absolute Gasteiger partial charge is 0.368 e. The Balaban J connectivity index is 2.22. The second-order valence-corrected chi connectivity index (χ2v) is 4.98. The highest BCUT2D eigenvalue weighted by molar-refractivity contribution is 5.55. The molecule has 0 bridgehead atoms. The van der Waals surface area contributed by atoms with Gasteiger partial charge in [-0.15, -0.1) is 0 Å². The minimum Gasteiger partial charge on any atom is -0.368 e. The number of benzene rings is 1. The van der Waals surface area contributed by atoms with E-state index in [0.717, 1.165) is 31.6 Å². The Morgan fingerprint density at radius 1 is 1.33 bits per heavy atom. The molecule has 0 saturated heterocycles. The van der Waals surface area contributed by atoms with Crippen molar-refractivity contribution in [1.82, 2.24) is 5.32 Å². The molecule has 100 valence electrons. The van der Waals surface area contributed by atoms with Gasteiger partial charge < -0.3 is 10.2 Å². The summed E-state index contributed by atoms with van der Waals surface area (Å²) in [7, 11) is 0. The second-order valence-electron chi connectivity index (χ2n) is 4.98. The highest BCUT2D eigenvalue weighted by Crippen LogP contribution is 2.34. The summed E-state index contributed by atoms with van der Waals surface area (Å²) >= 11 is 0. The van der Waals surface area contributed by atoms with E-state index in [1.165, 1.54) is 18.5 Å². The van der Waals surface area contributed by atoms with Gasteiger partial charge in [-0.1, -0.05) is 13.8 Å². The van der Waals surface area contributed by atoms with Gasteiger partial charge in [0.2, 0.25) is 0 Å². The van der Waals surface area contributed by atoms with Crippen molar-refractivity contribution in [3.63, 3.8) is 0 Å². The van der Waals surface area contributed by atoms with Crippen molar-refractivity contribution in [3.8, 4) is 0 Å². The van der Waals surface area contributed by atoms with Crippen LogP contribution in [0.5, 0.6) is 0 Å². The Morgan fingerprint density at radius 3 is 2.72 bits per heavy atom. The third-order valence-corrected chi connectivity index (χ3v) is 3.37. The number of hydrogen-bond donors (Lipinski definition) is 1.